The van der Waals surface area contributed by atoms with E-state index in [0.29, 0.717) is 31.2 Å². The van der Waals surface area contributed by atoms with Gasteiger partial charge in [-0.1, -0.05) is 24.6 Å². The molecular formula is C23H29N3O3S2. The number of rotatable bonds is 7. The summed E-state index contributed by atoms with van der Waals surface area (Å²) in [5.41, 5.74) is 4.22. The summed E-state index contributed by atoms with van der Waals surface area (Å²) in [5.74, 6) is 1.72. The van der Waals surface area contributed by atoms with Crippen LogP contribution in [0.25, 0.3) is 11.0 Å². The molecule has 2 aromatic carbocycles. The van der Waals surface area contributed by atoms with Crippen LogP contribution in [0.15, 0.2) is 46.2 Å². The molecular weight excluding hydrogens is 430 g/mol. The molecule has 8 heteroatoms. The second kappa shape index (κ2) is 9.32. The Hall–Kier alpha value is -1.87. The summed E-state index contributed by atoms with van der Waals surface area (Å²) in [6.45, 7) is 8.88. The highest BCUT2D eigenvalue weighted by Crippen LogP contribution is 2.29. The van der Waals surface area contributed by atoms with E-state index in [1.807, 2.05) is 6.07 Å². The largest absolute Gasteiger partial charge is 0.379 e. The Morgan fingerprint density at radius 3 is 2.61 bits per heavy atom. The van der Waals surface area contributed by atoms with E-state index in [1.54, 1.807) is 23.9 Å². The third-order valence-corrected chi connectivity index (χ3v) is 8.60. The van der Waals surface area contributed by atoms with Gasteiger partial charge >= 0.3 is 0 Å². The molecule has 1 fully saturated rings. The molecule has 0 atom stereocenters. The molecule has 2 heterocycles. The molecule has 0 N–H and O–H groups in total. The Bertz CT molecular complexity index is 1180. The summed E-state index contributed by atoms with van der Waals surface area (Å²) in [7, 11) is -3.54. The molecule has 31 heavy (non-hydrogen) atoms. The minimum absolute atomic E-state index is 0.303. The lowest BCUT2D eigenvalue weighted by atomic mass is 10.2. The molecule has 166 valence electrons. The summed E-state index contributed by atoms with van der Waals surface area (Å²) < 4.78 is 35.1. The van der Waals surface area contributed by atoms with Crippen molar-refractivity contribution in [1.82, 2.24) is 13.9 Å². The minimum atomic E-state index is -3.54. The van der Waals surface area contributed by atoms with E-state index >= 15 is 0 Å². The highest BCUT2D eigenvalue weighted by atomic mass is 32.2. The highest BCUT2D eigenvalue weighted by Gasteiger charge is 2.27. The van der Waals surface area contributed by atoms with Crippen molar-refractivity contribution in [1.29, 1.82) is 0 Å². The Morgan fingerprint density at radius 1 is 1.10 bits per heavy atom. The normalized spacial score (nSPS) is 15.6. The molecule has 0 unspecified atom stereocenters. The lowest BCUT2D eigenvalue weighted by molar-refractivity contribution is 0.0730. The van der Waals surface area contributed by atoms with Gasteiger partial charge in [-0.05, 0) is 50.1 Å². The van der Waals surface area contributed by atoms with Crippen LogP contribution in [0, 0.1) is 13.8 Å². The van der Waals surface area contributed by atoms with Gasteiger partial charge in [0.05, 0.1) is 34.9 Å². The number of fused-ring (bicyclic) bond motifs is 1. The number of hydrogen-bond acceptors (Lipinski definition) is 5. The quantitative estimate of drug-likeness (QED) is 0.491. The summed E-state index contributed by atoms with van der Waals surface area (Å²) in [6.07, 6.45) is 0.987. The molecule has 6 nitrogen and oxygen atoms in total. The molecule has 0 aliphatic carbocycles. The number of benzene rings is 2. The van der Waals surface area contributed by atoms with Crippen LogP contribution >= 0.6 is 11.8 Å². The number of morpholine rings is 1. The number of hydrogen-bond donors (Lipinski definition) is 0. The number of imidazole rings is 1. The Kier molecular flexibility index (Phi) is 6.71. The smallest absolute Gasteiger partial charge is 0.243 e. The second-order valence-electron chi connectivity index (χ2n) is 7.90. The summed E-state index contributed by atoms with van der Waals surface area (Å²) >= 11 is 1.78. The lowest BCUT2D eigenvalue weighted by Gasteiger charge is -2.26. The average Bonchev–Trinajstić information content (AvgIpc) is 3.12. The number of aryl methyl sites for hydroxylation is 3. The van der Waals surface area contributed by atoms with Gasteiger partial charge < -0.3 is 9.30 Å². The summed E-state index contributed by atoms with van der Waals surface area (Å²) in [5, 5.41) is 0. The van der Waals surface area contributed by atoms with Crippen LogP contribution in [-0.2, 0) is 27.1 Å². The monoisotopic (exact) mass is 459 g/mol. The molecule has 3 aromatic rings. The van der Waals surface area contributed by atoms with Gasteiger partial charge in [0.1, 0.15) is 5.82 Å². The van der Waals surface area contributed by atoms with E-state index in [4.69, 9.17) is 9.72 Å². The SMILES string of the molecule is CCCn1c(CSc2cc(C)ccc2C)nc2cc(S(=O)(=O)N3CCOCC3)ccc21. The molecule has 1 aromatic heterocycles. The predicted molar refractivity (Wildman–Crippen MR) is 125 cm³/mol. The van der Waals surface area contributed by atoms with Gasteiger partial charge in [-0.2, -0.15) is 4.31 Å². The first-order valence-electron chi connectivity index (χ1n) is 10.7. The Morgan fingerprint density at radius 2 is 1.87 bits per heavy atom. The number of thioether (sulfide) groups is 1. The molecule has 0 amide bonds. The fourth-order valence-electron chi connectivity index (χ4n) is 3.84. The van der Waals surface area contributed by atoms with Gasteiger partial charge in [-0.15, -0.1) is 11.8 Å². The standard InChI is InChI=1S/C23H29N3O3S2/c1-4-9-26-21-8-7-19(31(27,28)25-10-12-29-13-11-25)15-20(21)24-23(26)16-30-22-14-17(2)5-6-18(22)3/h5-8,14-15H,4,9-13,16H2,1-3H3. The van der Waals surface area contributed by atoms with Crippen molar-refractivity contribution in [3.8, 4) is 0 Å². The topological polar surface area (TPSA) is 64.4 Å². The molecule has 4 rings (SSSR count). The van der Waals surface area contributed by atoms with Crippen molar-refractivity contribution in [3.05, 3.63) is 53.3 Å². The second-order valence-corrected chi connectivity index (χ2v) is 10.9. The minimum Gasteiger partial charge on any atom is -0.379 e. The van der Waals surface area contributed by atoms with Crippen LogP contribution in [0.5, 0.6) is 0 Å². The molecule has 1 aliphatic rings. The number of nitrogens with zero attached hydrogens (tertiary/aromatic N) is 3. The van der Waals surface area contributed by atoms with E-state index in [0.717, 1.165) is 35.6 Å². The third kappa shape index (κ3) is 4.67. The van der Waals surface area contributed by atoms with Gasteiger partial charge in [0.15, 0.2) is 0 Å². The predicted octanol–water partition coefficient (Wildman–Crippen LogP) is 4.38. The van der Waals surface area contributed by atoms with Crippen molar-refractivity contribution < 1.29 is 13.2 Å². The van der Waals surface area contributed by atoms with Crippen LogP contribution in [0.3, 0.4) is 0 Å². The molecule has 0 bridgehead atoms. The zero-order chi connectivity index (χ0) is 22.0. The maximum Gasteiger partial charge on any atom is 0.243 e. The van der Waals surface area contributed by atoms with E-state index < -0.39 is 10.0 Å². The van der Waals surface area contributed by atoms with E-state index in [1.165, 1.54) is 20.3 Å². The zero-order valence-electron chi connectivity index (χ0n) is 18.3. The van der Waals surface area contributed by atoms with Gasteiger partial charge in [-0.3, -0.25) is 0 Å². The maximum absolute atomic E-state index is 13.1. The zero-order valence-corrected chi connectivity index (χ0v) is 19.9. The molecule has 1 aliphatic heterocycles. The van der Waals surface area contributed by atoms with Crippen molar-refractivity contribution in [2.24, 2.45) is 0 Å². The fourth-order valence-corrected chi connectivity index (χ4v) is 6.34. The summed E-state index contributed by atoms with van der Waals surface area (Å²) in [6, 6.07) is 11.8. The molecule has 1 saturated heterocycles. The molecule has 0 saturated carbocycles. The highest BCUT2D eigenvalue weighted by molar-refractivity contribution is 7.98. The average molecular weight is 460 g/mol. The van der Waals surface area contributed by atoms with Crippen LogP contribution in [0.1, 0.15) is 30.3 Å². The van der Waals surface area contributed by atoms with Crippen LogP contribution < -0.4 is 0 Å². The van der Waals surface area contributed by atoms with Crippen LogP contribution in [0.4, 0.5) is 0 Å². The number of aromatic nitrogens is 2. The first-order valence-corrected chi connectivity index (χ1v) is 13.1. The number of ether oxygens (including phenoxy) is 1. The fraction of sp³-hybridized carbons (Fsp3) is 0.435. The molecule has 0 spiro atoms. The van der Waals surface area contributed by atoms with E-state index in [-0.39, 0.29) is 0 Å². The van der Waals surface area contributed by atoms with E-state index in [2.05, 4.69) is 43.5 Å². The Balaban J connectivity index is 1.66. The maximum atomic E-state index is 13.1. The molecule has 0 radical (unpaired) electrons. The first kappa shape index (κ1) is 22.3. The van der Waals surface area contributed by atoms with Crippen molar-refractivity contribution in [2.75, 3.05) is 26.3 Å². The van der Waals surface area contributed by atoms with Gasteiger partial charge in [0.2, 0.25) is 10.0 Å². The number of sulfonamides is 1. The van der Waals surface area contributed by atoms with Crippen molar-refractivity contribution in [3.63, 3.8) is 0 Å². The van der Waals surface area contributed by atoms with E-state index in [9.17, 15) is 8.42 Å². The van der Waals surface area contributed by atoms with Gasteiger partial charge in [0, 0.05) is 24.5 Å². The van der Waals surface area contributed by atoms with Crippen molar-refractivity contribution >= 4 is 32.8 Å². The van der Waals surface area contributed by atoms with Gasteiger partial charge in [0.25, 0.3) is 0 Å². The van der Waals surface area contributed by atoms with Crippen LogP contribution in [-0.4, -0.2) is 48.6 Å². The Labute approximate surface area is 188 Å². The first-order chi connectivity index (χ1) is 14.9. The summed E-state index contributed by atoms with van der Waals surface area (Å²) in [4.78, 5) is 6.41. The van der Waals surface area contributed by atoms with Gasteiger partial charge in [-0.25, -0.2) is 13.4 Å². The van der Waals surface area contributed by atoms with Crippen LogP contribution in [0.2, 0.25) is 0 Å². The van der Waals surface area contributed by atoms with Crippen molar-refractivity contribution in [2.45, 2.75) is 49.3 Å². The lowest BCUT2D eigenvalue weighted by Crippen LogP contribution is -2.40. The third-order valence-electron chi connectivity index (χ3n) is 5.55.